The van der Waals surface area contributed by atoms with Crippen LogP contribution in [0.2, 0.25) is 0 Å². The van der Waals surface area contributed by atoms with E-state index in [9.17, 15) is 9.59 Å². The highest BCUT2D eigenvalue weighted by atomic mass is 32.1. The number of thiophene rings is 1. The average molecular weight is 284 g/mol. The molecular formula is C13H20N2O3S. The molecule has 0 saturated carbocycles. The van der Waals surface area contributed by atoms with E-state index < -0.39 is 5.97 Å². The number of rotatable bonds is 8. The zero-order chi connectivity index (χ0) is 14.3. The Morgan fingerprint density at radius 3 is 2.63 bits per heavy atom. The highest BCUT2D eigenvalue weighted by Crippen LogP contribution is 2.16. The summed E-state index contributed by atoms with van der Waals surface area (Å²) in [6, 6.07) is 1.80. The van der Waals surface area contributed by atoms with Gasteiger partial charge >= 0.3 is 5.97 Å². The van der Waals surface area contributed by atoms with Crippen molar-refractivity contribution in [3.05, 3.63) is 21.9 Å². The van der Waals surface area contributed by atoms with Crippen molar-refractivity contribution in [2.45, 2.75) is 26.8 Å². The van der Waals surface area contributed by atoms with E-state index in [4.69, 9.17) is 5.11 Å². The molecule has 1 rings (SSSR count). The second-order valence-corrected chi connectivity index (χ2v) is 4.99. The normalized spacial score (nSPS) is 10.4. The quantitative estimate of drug-likeness (QED) is 0.714. The Bertz CT molecular complexity index is 427. The van der Waals surface area contributed by atoms with Gasteiger partial charge in [-0.05, 0) is 30.9 Å². The van der Waals surface area contributed by atoms with Crippen LogP contribution < -0.4 is 5.32 Å². The Morgan fingerprint density at radius 1 is 1.37 bits per heavy atom. The van der Waals surface area contributed by atoms with E-state index in [0.29, 0.717) is 24.4 Å². The van der Waals surface area contributed by atoms with Crippen LogP contribution in [0.25, 0.3) is 0 Å². The SMILES string of the molecule is CCN(CC)C(=O)CCNCc1ccsc1C(=O)O. The Hall–Kier alpha value is -1.40. The maximum Gasteiger partial charge on any atom is 0.346 e. The van der Waals surface area contributed by atoms with E-state index >= 15 is 0 Å². The molecule has 19 heavy (non-hydrogen) atoms. The van der Waals surface area contributed by atoms with Gasteiger partial charge in [0.15, 0.2) is 0 Å². The number of aromatic carboxylic acids is 1. The van der Waals surface area contributed by atoms with Crippen LogP contribution in [0.4, 0.5) is 0 Å². The fourth-order valence-electron chi connectivity index (χ4n) is 1.82. The summed E-state index contributed by atoms with van der Waals surface area (Å²) < 4.78 is 0. The largest absolute Gasteiger partial charge is 0.477 e. The summed E-state index contributed by atoms with van der Waals surface area (Å²) in [4.78, 5) is 24.8. The van der Waals surface area contributed by atoms with Gasteiger partial charge in [0, 0.05) is 32.6 Å². The predicted octanol–water partition coefficient (Wildman–Crippen LogP) is 1.79. The van der Waals surface area contributed by atoms with Crippen molar-refractivity contribution < 1.29 is 14.7 Å². The molecule has 0 atom stereocenters. The average Bonchev–Trinajstić information content (AvgIpc) is 2.84. The number of nitrogens with one attached hydrogen (secondary N) is 1. The first-order valence-electron chi connectivity index (χ1n) is 6.38. The molecular weight excluding hydrogens is 264 g/mol. The van der Waals surface area contributed by atoms with Crippen molar-refractivity contribution in [1.29, 1.82) is 0 Å². The van der Waals surface area contributed by atoms with Gasteiger partial charge in [-0.1, -0.05) is 0 Å². The number of nitrogens with zero attached hydrogens (tertiary/aromatic N) is 1. The van der Waals surface area contributed by atoms with E-state index in [1.165, 1.54) is 11.3 Å². The third-order valence-corrected chi connectivity index (χ3v) is 3.83. The maximum atomic E-state index is 11.7. The lowest BCUT2D eigenvalue weighted by Crippen LogP contribution is -2.32. The molecule has 0 aliphatic heterocycles. The number of carboxylic acid groups (broad SMARTS) is 1. The van der Waals surface area contributed by atoms with Gasteiger partial charge in [-0.25, -0.2) is 4.79 Å². The molecule has 0 spiro atoms. The maximum absolute atomic E-state index is 11.7. The predicted molar refractivity (Wildman–Crippen MR) is 75.5 cm³/mol. The van der Waals surface area contributed by atoms with Crippen molar-refractivity contribution in [2.75, 3.05) is 19.6 Å². The first-order chi connectivity index (χ1) is 9.10. The molecule has 0 aliphatic rings. The summed E-state index contributed by atoms with van der Waals surface area (Å²) in [5.41, 5.74) is 0.771. The van der Waals surface area contributed by atoms with E-state index in [1.54, 1.807) is 16.3 Å². The number of hydrogen-bond acceptors (Lipinski definition) is 4. The topological polar surface area (TPSA) is 69.6 Å². The van der Waals surface area contributed by atoms with E-state index in [-0.39, 0.29) is 5.91 Å². The van der Waals surface area contributed by atoms with Gasteiger partial charge < -0.3 is 15.3 Å². The van der Waals surface area contributed by atoms with Crippen molar-refractivity contribution in [3.8, 4) is 0 Å². The van der Waals surface area contributed by atoms with Gasteiger partial charge in [-0.15, -0.1) is 11.3 Å². The van der Waals surface area contributed by atoms with Crippen LogP contribution in [0.1, 0.15) is 35.5 Å². The molecule has 2 N–H and O–H groups in total. The summed E-state index contributed by atoms with van der Waals surface area (Å²) in [6.45, 7) is 6.41. The number of amides is 1. The molecule has 0 aromatic carbocycles. The van der Waals surface area contributed by atoms with Gasteiger partial charge in [0.25, 0.3) is 0 Å². The standard InChI is InChI=1S/C13H20N2O3S/c1-3-15(4-2)11(16)5-7-14-9-10-6-8-19-12(10)13(17)18/h6,8,14H,3-5,7,9H2,1-2H3,(H,17,18). The number of hydrogen-bond donors (Lipinski definition) is 2. The zero-order valence-corrected chi connectivity index (χ0v) is 12.1. The van der Waals surface area contributed by atoms with Crippen LogP contribution in [-0.2, 0) is 11.3 Å². The lowest BCUT2D eigenvalue weighted by molar-refractivity contribution is -0.130. The van der Waals surface area contributed by atoms with Crippen LogP contribution in [-0.4, -0.2) is 41.5 Å². The fourth-order valence-corrected chi connectivity index (χ4v) is 2.58. The van der Waals surface area contributed by atoms with Gasteiger partial charge in [-0.3, -0.25) is 4.79 Å². The van der Waals surface area contributed by atoms with Crippen molar-refractivity contribution >= 4 is 23.2 Å². The summed E-state index contributed by atoms with van der Waals surface area (Å²) in [7, 11) is 0. The highest BCUT2D eigenvalue weighted by Gasteiger charge is 2.12. The Kier molecular flexibility index (Phi) is 6.52. The number of carboxylic acids is 1. The minimum Gasteiger partial charge on any atom is -0.477 e. The summed E-state index contributed by atoms with van der Waals surface area (Å²) in [5.74, 6) is -0.771. The molecule has 0 fully saturated rings. The van der Waals surface area contributed by atoms with E-state index in [2.05, 4.69) is 5.32 Å². The minimum atomic E-state index is -0.897. The van der Waals surface area contributed by atoms with Gasteiger partial charge in [0.1, 0.15) is 4.88 Å². The molecule has 1 aromatic heterocycles. The van der Waals surface area contributed by atoms with E-state index in [0.717, 1.165) is 18.7 Å². The summed E-state index contributed by atoms with van der Waals surface area (Å²) in [5, 5.41) is 13.8. The fraction of sp³-hybridized carbons (Fsp3) is 0.538. The lowest BCUT2D eigenvalue weighted by atomic mass is 10.2. The highest BCUT2D eigenvalue weighted by molar-refractivity contribution is 7.12. The molecule has 5 nitrogen and oxygen atoms in total. The molecule has 6 heteroatoms. The van der Waals surface area contributed by atoms with E-state index in [1.807, 2.05) is 13.8 Å². The molecule has 0 aliphatic carbocycles. The molecule has 0 bridgehead atoms. The van der Waals surface area contributed by atoms with Crippen LogP contribution >= 0.6 is 11.3 Å². The lowest BCUT2D eigenvalue weighted by Gasteiger charge is -2.18. The van der Waals surface area contributed by atoms with Crippen molar-refractivity contribution in [2.24, 2.45) is 0 Å². The van der Waals surface area contributed by atoms with Gasteiger partial charge in [0.05, 0.1) is 0 Å². The third-order valence-electron chi connectivity index (χ3n) is 2.89. The van der Waals surface area contributed by atoms with Crippen LogP contribution in [0.15, 0.2) is 11.4 Å². The second kappa shape index (κ2) is 7.91. The van der Waals surface area contributed by atoms with Crippen LogP contribution in [0, 0.1) is 0 Å². The molecule has 1 amide bonds. The molecule has 106 valence electrons. The molecule has 1 aromatic rings. The number of carbonyl (C=O) groups is 2. The van der Waals surface area contributed by atoms with Gasteiger partial charge in [0.2, 0.25) is 5.91 Å². The summed E-state index contributed by atoms with van der Waals surface area (Å²) >= 11 is 1.22. The Labute approximate surface area is 117 Å². The zero-order valence-electron chi connectivity index (χ0n) is 11.3. The van der Waals surface area contributed by atoms with Crippen LogP contribution in [0.3, 0.4) is 0 Å². The van der Waals surface area contributed by atoms with Crippen LogP contribution in [0.5, 0.6) is 0 Å². The second-order valence-electron chi connectivity index (χ2n) is 4.07. The Morgan fingerprint density at radius 2 is 2.05 bits per heavy atom. The molecule has 0 unspecified atom stereocenters. The monoisotopic (exact) mass is 284 g/mol. The Balaban J connectivity index is 2.33. The molecule has 0 radical (unpaired) electrons. The third kappa shape index (κ3) is 4.65. The number of carbonyl (C=O) groups excluding carboxylic acids is 1. The summed E-state index contributed by atoms with van der Waals surface area (Å²) in [6.07, 6.45) is 0.439. The first kappa shape index (κ1) is 15.7. The molecule has 0 saturated heterocycles. The molecule has 1 heterocycles. The minimum absolute atomic E-state index is 0.126. The first-order valence-corrected chi connectivity index (χ1v) is 7.26. The van der Waals surface area contributed by atoms with Crippen molar-refractivity contribution in [3.63, 3.8) is 0 Å². The smallest absolute Gasteiger partial charge is 0.346 e. The van der Waals surface area contributed by atoms with Crippen molar-refractivity contribution in [1.82, 2.24) is 10.2 Å². The van der Waals surface area contributed by atoms with Gasteiger partial charge in [-0.2, -0.15) is 0 Å².